The first kappa shape index (κ1) is 14.0. The predicted octanol–water partition coefficient (Wildman–Crippen LogP) is 2.54. The molecule has 0 amide bonds. The molecule has 1 atom stereocenters. The van der Waals surface area contributed by atoms with Crippen molar-refractivity contribution in [2.24, 2.45) is 7.05 Å². The average molecular weight is 316 g/mol. The van der Waals surface area contributed by atoms with E-state index in [2.05, 4.69) is 40.2 Å². The first-order valence-corrected chi connectivity index (χ1v) is 7.24. The Morgan fingerprint density at radius 2 is 2.28 bits per heavy atom. The molecule has 0 saturated carbocycles. The Morgan fingerprint density at radius 3 is 2.83 bits per heavy atom. The number of hydrogen-bond donors (Lipinski definition) is 1. The normalized spacial score (nSPS) is 23.3. The average Bonchev–Trinajstić information content (AvgIpc) is 2.50. The Balaban J connectivity index is 1.95. The molecule has 2 heterocycles. The molecule has 1 aliphatic heterocycles. The van der Waals surface area contributed by atoms with E-state index in [1.165, 1.54) is 5.69 Å². The minimum absolute atomic E-state index is 0.00444. The first-order valence-electron chi connectivity index (χ1n) is 6.44. The zero-order valence-corrected chi connectivity index (χ0v) is 13.2. The van der Waals surface area contributed by atoms with Crippen LogP contribution < -0.4 is 5.32 Å². The molecule has 0 spiro atoms. The van der Waals surface area contributed by atoms with Crippen LogP contribution in [-0.2, 0) is 18.3 Å². The van der Waals surface area contributed by atoms with Gasteiger partial charge in [-0.1, -0.05) is 0 Å². The Hall–Kier alpha value is -0.390. The van der Waals surface area contributed by atoms with E-state index in [1.54, 1.807) is 0 Å². The molecule has 0 aliphatic carbocycles. The Morgan fingerprint density at radius 1 is 1.56 bits per heavy atom. The molecule has 1 aromatic rings. The number of halogens is 1. The zero-order valence-electron chi connectivity index (χ0n) is 11.6. The fourth-order valence-electron chi connectivity index (χ4n) is 2.52. The molecule has 1 saturated heterocycles. The minimum Gasteiger partial charge on any atom is -0.375 e. The minimum atomic E-state index is -0.00444. The molecule has 0 radical (unpaired) electrons. The highest BCUT2D eigenvalue weighted by Crippen LogP contribution is 2.25. The van der Waals surface area contributed by atoms with E-state index in [4.69, 9.17) is 4.74 Å². The van der Waals surface area contributed by atoms with Crippen LogP contribution in [0.3, 0.4) is 0 Å². The molecule has 1 unspecified atom stereocenters. The number of nitrogens with one attached hydrogen (secondary N) is 1. The third-order valence-electron chi connectivity index (χ3n) is 3.52. The van der Waals surface area contributed by atoms with Crippen molar-refractivity contribution in [3.8, 4) is 0 Å². The van der Waals surface area contributed by atoms with Gasteiger partial charge >= 0.3 is 0 Å². The van der Waals surface area contributed by atoms with Gasteiger partial charge in [-0.15, -0.1) is 0 Å². The van der Waals surface area contributed by atoms with Crippen molar-refractivity contribution in [2.75, 3.05) is 6.61 Å². The van der Waals surface area contributed by atoms with Crippen LogP contribution in [0.4, 0.5) is 0 Å². The fourth-order valence-corrected chi connectivity index (χ4v) is 3.00. The summed E-state index contributed by atoms with van der Waals surface area (Å²) in [5.41, 5.74) is 2.24. The van der Waals surface area contributed by atoms with Crippen LogP contribution in [0.15, 0.2) is 4.47 Å². The molecule has 0 aromatic carbocycles. The third-order valence-corrected chi connectivity index (χ3v) is 4.55. The molecule has 0 bridgehead atoms. The second kappa shape index (κ2) is 5.31. The van der Waals surface area contributed by atoms with Crippen molar-refractivity contribution in [3.05, 3.63) is 15.9 Å². The van der Waals surface area contributed by atoms with Crippen molar-refractivity contribution in [3.63, 3.8) is 0 Å². The SMILES string of the molecule is Cc1nn(C)c(CNC2CCOC(C)(C)C2)c1Br. The van der Waals surface area contributed by atoms with E-state index in [9.17, 15) is 0 Å². The lowest BCUT2D eigenvalue weighted by Crippen LogP contribution is -2.43. The van der Waals surface area contributed by atoms with Crippen LogP contribution in [0.5, 0.6) is 0 Å². The Bertz CT molecular complexity index is 428. The molecular formula is C13H22BrN3O. The third kappa shape index (κ3) is 3.13. The van der Waals surface area contributed by atoms with Crippen molar-refractivity contribution < 1.29 is 4.74 Å². The maximum atomic E-state index is 5.73. The van der Waals surface area contributed by atoms with Crippen molar-refractivity contribution in [1.82, 2.24) is 15.1 Å². The molecule has 18 heavy (non-hydrogen) atoms. The molecule has 4 nitrogen and oxygen atoms in total. The number of aromatic nitrogens is 2. The van der Waals surface area contributed by atoms with Gasteiger partial charge in [-0.2, -0.15) is 5.10 Å². The lowest BCUT2D eigenvalue weighted by Gasteiger charge is -2.36. The maximum Gasteiger partial charge on any atom is 0.0739 e. The summed E-state index contributed by atoms with van der Waals surface area (Å²) in [6.45, 7) is 8.02. The van der Waals surface area contributed by atoms with Gasteiger partial charge in [0, 0.05) is 26.2 Å². The van der Waals surface area contributed by atoms with Gasteiger partial charge in [0.05, 0.1) is 21.5 Å². The molecular weight excluding hydrogens is 294 g/mol. The largest absolute Gasteiger partial charge is 0.375 e. The van der Waals surface area contributed by atoms with E-state index in [1.807, 2.05) is 18.7 Å². The summed E-state index contributed by atoms with van der Waals surface area (Å²) in [5.74, 6) is 0. The summed E-state index contributed by atoms with van der Waals surface area (Å²) < 4.78 is 8.79. The highest BCUT2D eigenvalue weighted by atomic mass is 79.9. The quantitative estimate of drug-likeness (QED) is 0.931. The summed E-state index contributed by atoms with van der Waals surface area (Å²) in [6.07, 6.45) is 2.14. The van der Waals surface area contributed by atoms with Crippen LogP contribution in [0, 0.1) is 6.92 Å². The van der Waals surface area contributed by atoms with Crippen molar-refractivity contribution in [1.29, 1.82) is 0 Å². The van der Waals surface area contributed by atoms with Crippen molar-refractivity contribution >= 4 is 15.9 Å². The van der Waals surface area contributed by atoms with Gasteiger partial charge in [0.15, 0.2) is 0 Å². The molecule has 102 valence electrons. The number of nitrogens with zero attached hydrogens (tertiary/aromatic N) is 2. The fraction of sp³-hybridized carbons (Fsp3) is 0.769. The number of rotatable bonds is 3. The smallest absolute Gasteiger partial charge is 0.0739 e. The maximum absolute atomic E-state index is 5.73. The summed E-state index contributed by atoms with van der Waals surface area (Å²) in [7, 11) is 1.99. The highest BCUT2D eigenvalue weighted by molar-refractivity contribution is 9.10. The molecule has 5 heteroatoms. The summed E-state index contributed by atoms with van der Waals surface area (Å²) >= 11 is 3.60. The van der Waals surface area contributed by atoms with E-state index in [-0.39, 0.29) is 5.60 Å². The van der Waals surface area contributed by atoms with Gasteiger partial charge in [-0.3, -0.25) is 4.68 Å². The highest BCUT2D eigenvalue weighted by Gasteiger charge is 2.28. The van der Waals surface area contributed by atoms with Gasteiger partial charge in [0.25, 0.3) is 0 Å². The monoisotopic (exact) mass is 315 g/mol. The number of hydrogen-bond acceptors (Lipinski definition) is 3. The molecule has 2 rings (SSSR count). The van der Waals surface area contributed by atoms with Crippen LogP contribution in [0.25, 0.3) is 0 Å². The molecule has 1 N–H and O–H groups in total. The van der Waals surface area contributed by atoms with Crippen LogP contribution in [0.1, 0.15) is 38.1 Å². The molecule has 1 aromatic heterocycles. The van der Waals surface area contributed by atoms with E-state index in [0.717, 1.165) is 36.2 Å². The van der Waals surface area contributed by atoms with Crippen molar-refractivity contribution in [2.45, 2.75) is 51.8 Å². The van der Waals surface area contributed by atoms with E-state index >= 15 is 0 Å². The van der Waals surface area contributed by atoms with Gasteiger partial charge in [0.1, 0.15) is 0 Å². The Kier molecular flexibility index (Phi) is 4.14. The Labute approximate surface area is 117 Å². The van der Waals surface area contributed by atoms with E-state index < -0.39 is 0 Å². The first-order chi connectivity index (χ1) is 8.39. The van der Waals surface area contributed by atoms with Gasteiger partial charge in [-0.25, -0.2) is 0 Å². The second-order valence-corrected chi connectivity index (χ2v) is 6.44. The lowest BCUT2D eigenvalue weighted by atomic mass is 9.94. The van der Waals surface area contributed by atoms with Crippen LogP contribution in [-0.4, -0.2) is 28.0 Å². The van der Waals surface area contributed by atoms with E-state index in [0.29, 0.717) is 6.04 Å². The van der Waals surface area contributed by atoms with Crippen LogP contribution in [0.2, 0.25) is 0 Å². The standard InChI is InChI=1S/C13H22BrN3O/c1-9-12(14)11(17(4)16-9)8-15-10-5-6-18-13(2,3)7-10/h10,15H,5-8H2,1-4H3. The second-order valence-electron chi connectivity index (χ2n) is 5.65. The van der Waals surface area contributed by atoms with Crippen LogP contribution >= 0.6 is 15.9 Å². The van der Waals surface area contributed by atoms with Gasteiger partial charge in [0.2, 0.25) is 0 Å². The summed E-state index contributed by atoms with van der Waals surface area (Å²) in [6, 6.07) is 0.524. The topological polar surface area (TPSA) is 39.1 Å². The molecule has 1 fully saturated rings. The zero-order chi connectivity index (χ0) is 13.3. The molecule has 1 aliphatic rings. The predicted molar refractivity (Wildman–Crippen MR) is 75.5 cm³/mol. The summed E-state index contributed by atoms with van der Waals surface area (Å²) in [4.78, 5) is 0. The number of ether oxygens (including phenoxy) is 1. The number of aryl methyl sites for hydroxylation is 2. The lowest BCUT2D eigenvalue weighted by molar-refractivity contribution is -0.0631. The van der Waals surface area contributed by atoms with Gasteiger partial charge in [-0.05, 0) is 49.5 Å². The van der Waals surface area contributed by atoms with Gasteiger partial charge < -0.3 is 10.1 Å². The summed E-state index contributed by atoms with van der Waals surface area (Å²) in [5, 5.41) is 8.03.